The number of hydrogen-bond donors (Lipinski definition) is 2. The summed E-state index contributed by atoms with van der Waals surface area (Å²) in [5.74, 6) is 0. The van der Waals surface area contributed by atoms with Crippen LogP contribution in [0.2, 0.25) is 0 Å². The fraction of sp³-hybridized carbons (Fsp3) is 0.909. The van der Waals surface area contributed by atoms with E-state index in [0.29, 0.717) is 13.1 Å². The smallest absolute Gasteiger partial charge is 0.0558 e. The Morgan fingerprint density at radius 2 is 1.00 bits per heavy atom. The summed E-state index contributed by atoms with van der Waals surface area (Å²) in [4.78, 5) is 2.15. The van der Waals surface area contributed by atoms with Gasteiger partial charge in [0.25, 0.3) is 0 Å². The van der Waals surface area contributed by atoms with Gasteiger partial charge in [-0.2, -0.15) is 0 Å². The second-order valence-corrected chi connectivity index (χ2v) is 7.23. The molecule has 0 aliphatic rings. The topological polar surface area (TPSA) is 43.7 Å². The molecule has 0 atom stereocenters. The van der Waals surface area contributed by atoms with Gasteiger partial charge < -0.3 is 10.2 Å². The minimum absolute atomic E-state index is 0.187. The van der Waals surface area contributed by atoms with Crippen LogP contribution in [0.15, 0.2) is 12.2 Å². The molecule has 0 aromatic heterocycles. The van der Waals surface area contributed by atoms with Crippen LogP contribution < -0.4 is 0 Å². The van der Waals surface area contributed by atoms with E-state index in [4.69, 9.17) is 10.2 Å². The lowest BCUT2D eigenvalue weighted by Crippen LogP contribution is -2.30. The normalized spacial score (nSPS) is 11.8. The predicted octanol–water partition coefficient (Wildman–Crippen LogP) is 5.31. The molecule has 2 N–H and O–H groups in total. The van der Waals surface area contributed by atoms with Gasteiger partial charge >= 0.3 is 0 Å². The summed E-state index contributed by atoms with van der Waals surface area (Å²) in [5.41, 5.74) is 0. The molecule has 0 unspecified atom stereocenters. The summed E-state index contributed by atoms with van der Waals surface area (Å²) in [6, 6.07) is 0. The van der Waals surface area contributed by atoms with Gasteiger partial charge in [-0.25, -0.2) is 0 Å². The maximum Gasteiger partial charge on any atom is 0.0558 e. The minimum Gasteiger partial charge on any atom is -0.395 e. The van der Waals surface area contributed by atoms with E-state index in [1.54, 1.807) is 0 Å². The van der Waals surface area contributed by atoms with Crippen molar-refractivity contribution in [2.24, 2.45) is 0 Å². The molecule has 0 aromatic rings. The van der Waals surface area contributed by atoms with Gasteiger partial charge in [-0.3, -0.25) is 4.90 Å². The first-order chi connectivity index (χ1) is 12.3. The highest BCUT2D eigenvalue weighted by Crippen LogP contribution is 2.10. The molecule has 0 spiro atoms. The average molecular weight is 356 g/mol. The quantitative estimate of drug-likeness (QED) is 0.230. The number of aliphatic hydroxyl groups is 2. The maximum atomic E-state index is 8.97. The minimum atomic E-state index is 0.187. The molecule has 0 radical (unpaired) electrons. The lowest BCUT2D eigenvalue weighted by Gasteiger charge is -2.19. The molecule has 0 saturated heterocycles. The Hall–Kier alpha value is -0.380. The van der Waals surface area contributed by atoms with E-state index in [-0.39, 0.29) is 13.2 Å². The van der Waals surface area contributed by atoms with Crippen molar-refractivity contribution >= 4 is 0 Å². The third kappa shape index (κ3) is 19.8. The molecule has 0 bridgehead atoms. The van der Waals surface area contributed by atoms with Crippen molar-refractivity contribution in [3.05, 3.63) is 12.2 Å². The highest BCUT2D eigenvalue weighted by molar-refractivity contribution is 4.81. The number of hydrogen-bond acceptors (Lipinski definition) is 3. The van der Waals surface area contributed by atoms with E-state index in [0.717, 1.165) is 6.54 Å². The number of allylic oxidation sites excluding steroid dienone is 2. The summed E-state index contributed by atoms with van der Waals surface area (Å²) < 4.78 is 0. The molecule has 0 aromatic carbocycles. The van der Waals surface area contributed by atoms with E-state index in [1.807, 2.05) is 0 Å². The molecule has 0 aliphatic carbocycles. The van der Waals surface area contributed by atoms with Crippen LogP contribution in [-0.4, -0.2) is 48.0 Å². The third-order valence-corrected chi connectivity index (χ3v) is 4.82. The average Bonchev–Trinajstić information content (AvgIpc) is 2.61. The third-order valence-electron chi connectivity index (χ3n) is 4.82. The van der Waals surface area contributed by atoms with Crippen LogP contribution in [-0.2, 0) is 0 Å². The summed E-state index contributed by atoms with van der Waals surface area (Å²) in [5, 5.41) is 17.9. The first-order valence-electron chi connectivity index (χ1n) is 10.9. The number of nitrogens with zero attached hydrogens (tertiary/aromatic N) is 1. The van der Waals surface area contributed by atoms with E-state index in [2.05, 4.69) is 24.0 Å². The molecule has 3 heteroatoms. The first-order valence-corrected chi connectivity index (χ1v) is 10.9. The second kappa shape index (κ2) is 21.7. The van der Waals surface area contributed by atoms with Crippen LogP contribution in [0.5, 0.6) is 0 Å². The largest absolute Gasteiger partial charge is 0.395 e. The van der Waals surface area contributed by atoms with Crippen molar-refractivity contribution in [2.45, 2.75) is 96.8 Å². The maximum absolute atomic E-state index is 8.97. The van der Waals surface area contributed by atoms with Gasteiger partial charge in [-0.05, 0) is 38.6 Å². The van der Waals surface area contributed by atoms with Gasteiger partial charge in [0.1, 0.15) is 0 Å². The zero-order valence-corrected chi connectivity index (χ0v) is 16.9. The van der Waals surface area contributed by atoms with Crippen molar-refractivity contribution < 1.29 is 10.2 Å². The molecular formula is C22H45NO2. The summed E-state index contributed by atoms with van der Waals surface area (Å²) >= 11 is 0. The van der Waals surface area contributed by atoms with Gasteiger partial charge in [0.2, 0.25) is 0 Å². The van der Waals surface area contributed by atoms with Crippen LogP contribution in [0.4, 0.5) is 0 Å². The Labute approximate surface area is 157 Å². The molecule has 25 heavy (non-hydrogen) atoms. The molecule has 0 rings (SSSR count). The monoisotopic (exact) mass is 355 g/mol. The van der Waals surface area contributed by atoms with Gasteiger partial charge in [0.15, 0.2) is 0 Å². The van der Waals surface area contributed by atoms with Crippen LogP contribution in [0.1, 0.15) is 96.8 Å². The summed E-state index contributed by atoms with van der Waals surface area (Å²) in [6.45, 7) is 5.02. The van der Waals surface area contributed by atoms with Crippen molar-refractivity contribution in [1.29, 1.82) is 0 Å². The van der Waals surface area contributed by atoms with Crippen LogP contribution in [0, 0.1) is 0 Å². The Bertz CT molecular complexity index is 263. The fourth-order valence-corrected chi connectivity index (χ4v) is 3.20. The number of aliphatic hydroxyl groups excluding tert-OH is 2. The molecular weight excluding hydrogens is 310 g/mol. The molecule has 0 heterocycles. The molecule has 0 amide bonds. The molecule has 150 valence electrons. The van der Waals surface area contributed by atoms with Gasteiger partial charge in [0.05, 0.1) is 13.2 Å². The van der Waals surface area contributed by atoms with Gasteiger partial charge in [-0.1, -0.05) is 76.9 Å². The van der Waals surface area contributed by atoms with Crippen LogP contribution in [0.25, 0.3) is 0 Å². The lowest BCUT2D eigenvalue weighted by molar-refractivity contribution is 0.159. The summed E-state index contributed by atoms with van der Waals surface area (Å²) in [7, 11) is 0. The van der Waals surface area contributed by atoms with E-state index < -0.39 is 0 Å². The van der Waals surface area contributed by atoms with Crippen molar-refractivity contribution in [3.63, 3.8) is 0 Å². The SMILES string of the molecule is CCCCCCCC/C=C/CCCCCCCCN(CCO)CCO. The first kappa shape index (κ1) is 24.6. The zero-order valence-electron chi connectivity index (χ0n) is 16.9. The van der Waals surface area contributed by atoms with Gasteiger partial charge in [-0.15, -0.1) is 0 Å². The van der Waals surface area contributed by atoms with Crippen molar-refractivity contribution in [1.82, 2.24) is 4.90 Å². The second-order valence-electron chi connectivity index (χ2n) is 7.23. The molecule has 0 saturated carbocycles. The standard InChI is InChI=1S/C22H45NO2/c1-2-3-4-5-6-7-8-9-10-11-12-13-14-15-16-17-18-23(19-21-24)20-22-25/h9-10,24-25H,2-8,11-22H2,1H3/b10-9+. The predicted molar refractivity (Wildman–Crippen MR) is 110 cm³/mol. The summed E-state index contributed by atoms with van der Waals surface area (Å²) in [6.07, 6.45) is 23.4. The van der Waals surface area contributed by atoms with Crippen molar-refractivity contribution in [3.8, 4) is 0 Å². The Balaban J connectivity index is 3.23. The highest BCUT2D eigenvalue weighted by Gasteiger charge is 2.02. The van der Waals surface area contributed by atoms with Crippen LogP contribution in [0.3, 0.4) is 0 Å². The number of unbranched alkanes of at least 4 members (excludes halogenated alkanes) is 12. The van der Waals surface area contributed by atoms with E-state index >= 15 is 0 Å². The van der Waals surface area contributed by atoms with E-state index in [1.165, 1.54) is 89.9 Å². The highest BCUT2D eigenvalue weighted by atomic mass is 16.3. The Morgan fingerprint density at radius 3 is 1.48 bits per heavy atom. The lowest BCUT2D eigenvalue weighted by atomic mass is 10.1. The number of rotatable bonds is 20. The van der Waals surface area contributed by atoms with Crippen molar-refractivity contribution in [2.75, 3.05) is 32.8 Å². The molecule has 0 aliphatic heterocycles. The van der Waals surface area contributed by atoms with E-state index in [9.17, 15) is 0 Å². The molecule has 0 fully saturated rings. The Morgan fingerprint density at radius 1 is 0.560 bits per heavy atom. The molecule has 3 nitrogen and oxygen atoms in total. The van der Waals surface area contributed by atoms with Gasteiger partial charge in [0, 0.05) is 13.1 Å². The zero-order chi connectivity index (χ0) is 18.4. The van der Waals surface area contributed by atoms with Crippen LogP contribution >= 0.6 is 0 Å². The Kier molecular flexibility index (Phi) is 21.3. The fourth-order valence-electron chi connectivity index (χ4n) is 3.20.